The fourth-order valence-corrected chi connectivity index (χ4v) is 3.70. The molecule has 0 heterocycles. The Kier molecular flexibility index (Phi) is 3.38. The van der Waals surface area contributed by atoms with Gasteiger partial charge < -0.3 is 0 Å². The van der Waals surface area contributed by atoms with Crippen LogP contribution in [0.4, 0.5) is 0 Å². The highest BCUT2D eigenvalue weighted by atomic mass is 14.5. The van der Waals surface area contributed by atoms with E-state index >= 15 is 0 Å². The summed E-state index contributed by atoms with van der Waals surface area (Å²) in [5, 5.41) is 0. The Morgan fingerprint density at radius 3 is 1.57 bits per heavy atom. The SMILES string of the molecule is CC(=C1CC1(c1ccccc1)c1ccccc1)c1ccccc1. The summed E-state index contributed by atoms with van der Waals surface area (Å²) in [4.78, 5) is 0. The van der Waals surface area contributed by atoms with Crippen molar-refractivity contribution in [3.63, 3.8) is 0 Å². The summed E-state index contributed by atoms with van der Waals surface area (Å²) < 4.78 is 0. The lowest BCUT2D eigenvalue weighted by Gasteiger charge is -2.17. The molecule has 0 N–H and O–H groups in total. The molecule has 3 aromatic rings. The molecule has 0 bridgehead atoms. The summed E-state index contributed by atoms with van der Waals surface area (Å²) in [5.74, 6) is 0. The molecule has 0 saturated heterocycles. The third-order valence-electron chi connectivity index (χ3n) is 5.02. The van der Waals surface area contributed by atoms with E-state index < -0.39 is 0 Å². The third-order valence-corrected chi connectivity index (χ3v) is 5.02. The van der Waals surface area contributed by atoms with E-state index in [-0.39, 0.29) is 5.41 Å². The molecule has 1 aliphatic carbocycles. The minimum absolute atomic E-state index is 0.0580. The zero-order chi connectivity index (χ0) is 15.7. The fraction of sp³-hybridized carbons (Fsp3) is 0.130. The number of hydrogen-bond donors (Lipinski definition) is 0. The molecule has 0 radical (unpaired) electrons. The second kappa shape index (κ2) is 5.55. The van der Waals surface area contributed by atoms with Gasteiger partial charge >= 0.3 is 0 Å². The minimum Gasteiger partial charge on any atom is -0.0622 e. The Morgan fingerprint density at radius 2 is 1.09 bits per heavy atom. The zero-order valence-corrected chi connectivity index (χ0v) is 13.4. The van der Waals surface area contributed by atoms with Gasteiger partial charge in [-0.2, -0.15) is 0 Å². The molecule has 0 nitrogen and oxygen atoms in total. The van der Waals surface area contributed by atoms with E-state index in [0.29, 0.717) is 0 Å². The highest BCUT2D eigenvalue weighted by Gasteiger charge is 2.52. The lowest BCUT2D eigenvalue weighted by atomic mass is 9.86. The Bertz CT molecular complexity index is 787. The lowest BCUT2D eigenvalue weighted by Crippen LogP contribution is -2.09. The molecule has 1 saturated carbocycles. The summed E-state index contributed by atoms with van der Waals surface area (Å²) in [6.07, 6.45) is 1.11. The van der Waals surface area contributed by atoms with Crippen molar-refractivity contribution in [2.45, 2.75) is 18.8 Å². The third kappa shape index (κ3) is 2.31. The Hall–Kier alpha value is -2.60. The van der Waals surface area contributed by atoms with Crippen molar-refractivity contribution in [2.24, 2.45) is 0 Å². The molecule has 0 aromatic heterocycles. The Morgan fingerprint density at radius 1 is 0.652 bits per heavy atom. The molecular weight excluding hydrogens is 276 g/mol. The van der Waals surface area contributed by atoms with Crippen molar-refractivity contribution in [1.82, 2.24) is 0 Å². The van der Waals surface area contributed by atoms with Crippen LogP contribution in [0, 0.1) is 0 Å². The van der Waals surface area contributed by atoms with Gasteiger partial charge in [0, 0.05) is 5.41 Å². The van der Waals surface area contributed by atoms with Crippen LogP contribution in [-0.4, -0.2) is 0 Å². The van der Waals surface area contributed by atoms with Crippen LogP contribution in [0.1, 0.15) is 30.0 Å². The molecule has 3 aromatic carbocycles. The van der Waals surface area contributed by atoms with Crippen LogP contribution in [0.25, 0.3) is 5.57 Å². The first-order valence-electron chi connectivity index (χ1n) is 8.19. The van der Waals surface area contributed by atoms with E-state index in [1.54, 1.807) is 5.57 Å². The van der Waals surface area contributed by atoms with Crippen LogP contribution >= 0.6 is 0 Å². The first-order chi connectivity index (χ1) is 11.3. The number of allylic oxidation sites excluding steroid dienone is 2. The molecule has 1 fully saturated rings. The zero-order valence-electron chi connectivity index (χ0n) is 13.4. The van der Waals surface area contributed by atoms with Gasteiger partial charge in [0.15, 0.2) is 0 Å². The first-order valence-corrected chi connectivity index (χ1v) is 8.19. The van der Waals surface area contributed by atoms with Crippen LogP contribution in [0.2, 0.25) is 0 Å². The normalized spacial score (nSPS) is 17.6. The van der Waals surface area contributed by atoms with Gasteiger partial charge in [0.1, 0.15) is 0 Å². The Balaban J connectivity index is 1.88. The van der Waals surface area contributed by atoms with Crippen LogP contribution < -0.4 is 0 Å². The van der Waals surface area contributed by atoms with Gasteiger partial charge in [-0.05, 0) is 41.2 Å². The van der Waals surface area contributed by atoms with E-state index in [4.69, 9.17) is 0 Å². The van der Waals surface area contributed by atoms with Gasteiger partial charge in [-0.3, -0.25) is 0 Å². The second-order valence-corrected chi connectivity index (χ2v) is 6.28. The maximum absolute atomic E-state index is 2.26. The molecule has 4 rings (SSSR count). The average molecular weight is 296 g/mol. The topological polar surface area (TPSA) is 0 Å². The van der Waals surface area contributed by atoms with Crippen LogP contribution in [0.5, 0.6) is 0 Å². The average Bonchev–Trinajstić information content (AvgIpc) is 3.40. The van der Waals surface area contributed by atoms with Crippen molar-refractivity contribution in [1.29, 1.82) is 0 Å². The van der Waals surface area contributed by atoms with Gasteiger partial charge in [-0.1, -0.05) is 91.0 Å². The molecule has 0 unspecified atom stereocenters. The first kappa shape index (κ1) is 14.0. The monoisotopic (exact) mass is 296 g/mol. The largest absolute Gasteiger partial charge is 0.0622 e. The minimum atomic E-state index is 0.0580. The number of rotatable bonds is 3. The van der Waals surface area contributed by atoms with Crippen molar-refractivity contribution in [2.75, 3.05) is 0 Å². The van der Waals surface area contributed by atoms with Crippen LogP contribution in [0.15, 0.2) is 96.6 Å². The van der Waals surface area contributed by atoms with Crippen LogP contribution in [-0.2, 0) is 5.41 Å². The van der Waals surface area contributed by atoms with E-state index in [1.165, 1.54) is 22.3 Å². The summed E-state index contributed by atoms with van der Waals surface area (Å²) >= 11 is 0. The van der Waals surface area contributed by atoms with Gasteiger partial charge in [0.2, 0.25) is 0 Å². The van der Waals surface area contributed by atoms with E-state index in [1.807, 2.05) is 0 Å². The fourth-order valence-electron chi connectivity index (χ4n) is 3.70. The van der Waals surface area contributed by atoms with E-state index in [9.17, 15) is 0 Å². The van der Waals surface area contributed by atoms with Gasteiger partial charge in [-0.15, -0.1) is 0 Å². The molecule has 112 valence electrons. The van der Waals surface area contributed by atoms with Crippen LogP contribution in [0.3, 0.4) is 0 Å². The molecule has 0 heteroatoms. The highest BCUT2D eigenvalue weighted by Crippen LogP contribution is 2.60. The predicted molar refractivity (Wildman–Crippen MR) is 97.3 cm³/mol. The molecule has 0 amide bonds. The van der Waals surface area contributed by atoms with Crippen molar-refractivity contribution in [3.8, 4) is 0 Å². The molecular formula is C23H20. The molecule has 0 spiro atoms. The highest BCUT2D eigenvalue weighted by molar-refractivity contribution is 5.78. The number of benzene rings is 3. The smallest absolute Gasteiger partial charge is 0.0455 e. The lowest BCUT2D eigenvalue weighted by molar-refractivity contribution is 0.880. The van der Waals surface area contributed by atoms with Gasteiger partial charge in [-0.25, -0.2) is 0 Å². The molecule has 0 atom stereocenters. The molecule has 23 heavy (non-hydrogen) atoms. The standard InChI is InChI=1S/C23H20/c1-18(19-11-5-2-6-12-19)22-17-23(22,20-13-7-3-8-14-20)21-15-9-4-10-16-21/h2-16H,17H2,1H3. The summed E-state index contributed by atoms with van der Waals surface area (Å²) in [7, 11) is 0. The van der Waals surface area contributed by atoms with E-state index in [0.717, 1.165) is 6.42 Å². The molecule has 1 aliphatic rings. The van der Waals surface area contributed by atoms with E-state index in [2.05, 4.69) is 97.9 Å². The predicted octanol–water partition coefficient (Wildman–Crippen LogP) is 5.85. The summed E-state index contributed by atoms with van der Waals surface area (Å²) in [6.45, 7) is 2.26. The van der Waals surface area contributed by atoms with Crippen molar-refractivity contribution >= 4 is 5.57 Å². The van der Waals surface area contributed by atoms with Gasteiger partial charge in [0.05, 0.1) is 0 Å². The van der Waals surface area contributed by atoms with Crippen molar-refractivity contribution < 1.29 is 0 Å². The summed E-state index contributed by atoms with van der Waals surface area (Å²) in [5.41, 5.74) is 7.14. The van der Waals surface area contributed by atoms with Crippen molar-refractivity contribution in [3.05, 3.63) is 113 Å². The maximum atomic E-state index is 2.26. The van der Waals surface area contributed by atoms with Gasteiger partial charge in [0.25, 0.3) is 0 Å². The molecule has 0 aliphatic heterocycles. The summed E-state index contributed by atoms with van der Waals surface area (Å²) in [6, 6.07) is 32.6. The quantitative estimate of drug-likeness (QED) is 0.568. The Labute approximate surface area is 138 Å². The maximum Gasteiger partial charge on any atom is 0.0455 e. The second-order valence-electron chi connectivity index (χ2n) is 6.28. The number of hydrogen-bond acceptors (Lipinski definition) is 0.